The van der Waals surface area contributed by atoms with Gasteiger partial charge in [0, 0.05) is 12.1 Å². The maximum absolute atomic E-state index is 6.25. The largest absolute Gasteiger partial charge is 0.375 e. The van der Waals surface area contributed by atoms with Gasteiger partial charge in [-0.1, -0.05) is 0 Å². The number of dihydropyridines is 1. The number of nitrogens with zero attached hydrogens (tertiary/aromatic N) is 1. The second kappa shape index (κ2) is 7.16. The zero-order valence-corrected chi connectivity index (χ0v) is 14.3. The molecule has 4 N–H and O–H groups in total. The van der Waals surface area contributed by atoms with Crippen LogP contribution in [0.2, 0.25) is 0 Å². The molecule has 0 bridgehead atoms. The van der Waals surface area contributed by atoms with Crippen LogP contribution in [0.4, 0.5) is 0 Å². The number of ether oxygens (including phenoxy) is 1. The van der Waals surface area contributed by atoms with E-state index in [1.54, 1.807) is 0 Å². The predicted octanol–water partition coefficient (Wildman–Crippen LogP) is 1.92. The van der Waals surface area contributed by atoms with Gasteiger partial charge < -0.3 is 21.1 Å². The van der Waals surface area contributed by atoms with Gasteiger partial charge in [0.15, 0.2) is 0 Å². The molecular formula is C18H30N4O. The lowest BCUT2D eigenvalue weighted by Gasteiger charge is -2.33. The number of nitrogens with one attached hydrogen (secondary N) is 2. The molecule has 2 unspecified atom stereocenters. The first-order valence-corrected chi connectivity index (χ1v) is 8.86. The Labute approximate surface area is 139 Å². The standard InChI is InChI=1S/C18H30N4O/c1-18(2)7-3-13(12-23-18)11-22-16-15(6-10-21-17(16)19)14-4-8-20-9-5-14/h6,10-11,13-14,17,20-21H,3-5,7-9,12,19H2,1-2H3. The van der Waals surface area contributed by atoms with Crippen LogP contribution in [-0.4, -0.2) is 37.7 Å². The summed E-state index contributed by atoms with van der Waals surface area (Å²) in [4.78, 5) is 4.81. The van der Waals surface area contributed by atoms with Gasteiger partial charge in [-0.25, -0.2) is 0 Å². The lowest BCUT2D eigenvalue weighted by Crippen LogP contribution is -2.40. The summed E-state index contributed by atoms with van der Waals surface area (Å²) >= 11 is 0. The van der Waals surface area contributed by atoms with Gasteiger partial charge in [-0.2, -0.15) is 0 Å². The van der Waals surface area contributed by atoms with Crippen LogP contribution >= 0.6 is 0 Å². The van der Waals surface area contributed by atoms with Crippen molar-refractivity contribution in [2.45, 2.75) is 51.3 Å². The maximum Gasteiger partial charge on any atom is 0.118 e. The molecule has 3 heterocycles. The van der Waals surface area contributed by atoms with E-state index in [4.69, 9.17) is 15.5 Å². The highest BCUT2D eigenvalue weighted by atomic mass is 16.5. The molecule has 3 aliphatic rings. The van der Waals surface area contributed by atoms with E-state index >= 15 is 0 Å². The molecule has 3 rings (SSSR count). The summed E-state index contributed by atoms with van der Waals surface area (Å²) in [5, 5.41) is 6.60. The van der Waals surface area contributed by atoms with E-state index in [1.807, 2.05) is 6.20 Å². The Bertz CT molecular complexity index is 493. The molecule has 128 valence electrons. The summed E-state index contributed by atoms with van der Waals surface area (Å²) < 4.78 is 5.91. The summed E-state index contributed by atoms with van der Waals surface area (Å²) in [6.45, 7) is 7.22. The Kier molecular flexibility index (Phi) is 5.19. The van der Waals surface area contributed by atoms with Crippen LogP contribution in [0, 0.1) is 11.8 Å². The Morgan fingerprint density at radius 2 is 2.09 bits per heavy atom. The highest BCUT2D eigenvalue weighted by Gasteiger charge is 2.27. The monoisotopic (exact) mass is 318 g/mol. The van der Waals surface area contributed by atoms with E-state index in [9.17, 15) is 0 Å². The third kappa shape index (κ3) is 4.22. The van der Waals surface area contributed by atoms with Gasteiger partial charge in [0.25, 0.3) is 0 Å². The number of piperidine rings is 1. The van der Waals surface area contributed by atoms with E-state index in [2.05, 4.69) is 36.8 Å². The van der Waals surface area contributed by atoms with E-state index in [0.29, 0.717) is 11.8 Å². The number of nitrogens with two attached hydrogens (primary N) is 1. The minimum atomic E-state index is -0.206. The topological polar surface area (TPSA) is 71.7 Å². The molecule has 0 aromatic rings. The Balaban J connectivity index is 1.72. The molecule has 0 aromatic heterocycles. The van der Waals surface area contributed by atoms with Gasteiger partial charge in [-0.15, -0.1) is 0 Å². The van der Waals surface area contributed by atoms with Crippen LogP contribution in [0.5, 0.6) is 0 Å². The number of allylic oxidation sites excluding steroid dienone is 2. The Morgan fingerprint density at radius 1 is 1.30 bits per heavy atom. The molecule has 3 aliphatic heterocycles. The van der Waals surface area contributed by atoms with Crippen LogP contribution in [0.25, 0.3) is 0 Å². The number of aliphatic imine (C=N–C) groups is 1. The molecule has 0 radical (unpaired) electrons. The maximum atomic E-state index is 6.25. The number of hydrogen-bond donors (Lipinski definition) is 3. The highest BCUT2D eigenvalue weighted by molar-refractivity contribution is 5.63. The second-order valence-corrected chi connectivity index (χ2v) is 7.49. The Morgan fingerprint density at radius 3 is 2.78 bits per heavy atom. The molecule has 5 nitrogen and oxygen atoms in total. The second-order valence-electron chi connectivity index (χ2n) is 7.49. The average Bonchev–Trinajstić information content (AvgIpc) is 2.55. The van der Waals surface area contributed by atoms with Crippen molar-refractivity contribution in [3.05, 3.63) is 23.5 Å². The van der Waals surface area contributed by atoms with Crippen molar-refractivity contribution in [3.63, 3.8) is 0 Å². The van der Waals surface area contributed by atoms with E-state index < -0.39 is 0 Å². The van der Waals surface area contributed by atoms with Crippen molar-refractivity contribution in [1.82, 2.24) is 10.6 Å². The van der Waals surface area contributed by atoms with Crippen LogP contribution in [-0.2, 0) is 4.74 Å². The molecule has 0 aromatic carbocycles. The normalized spacial score (nSPS) is 32.3. The third-order valence-corrected chi connectivity index (χ3v) is 5.14. The fourth-order valence-corrected chi connectivity index (χ4v) is 3.54. The van der Waals surface area contributed by atoms with Gasteiger partial charge in [-0.05, 0) is 76.4 Å². The molecule has 0 amide bonds. The predicted molar refractivity (Wildman–Crippen MR) is 94.1 cm³/mol. The van der Waals surface area contributed by atoms with Gasteiger partial charge in [0.1, 0.15) is 6.17 Å². The van der Waals surface area contributed by atoms with Crippen LogP contribution in [0.3, 0.4) is 0 Å². The van der Waals surface area contributed by atoms with Crippen LogP contribution in [0.15, 0.2) is 28.5 Å². The van der Waals surface area contributed by atoms with Crippen molar-refractivity contribution in [3.8, 4) is 0 Å². The molecule has 0 aliphatic carbocycles. The van der Waals surface area contributed by atoms with Crippen molar-refractivity contribution >= 4 is 6.21 Å². The van der Waals surface area contributed by atoms with Crippen LogP contribution in [0.1, 0.15) is 39.5 Å². The van der Waals surface area contributed by atoms with Crippen molar-refractivity contribution < 1.29 is 4.74 Å². The molecule has 2 atom stereocenters. The smallest absolute Gasteiger partial charge is 0.118 e. The van der Waals surface area contributed by atoms with Gasteiger partial charge >= 0.3 is 0 Å². The van der Waals surface area contributed by atoms with E-state index in [-0.39, 0.29) is 11.8 Å². The lowest BCUT2D eigenvalue weighted by atomic mass is 9.87. The van der Waals surface area contributed by atoms with Gasteiger partial charge in [0.05, 0.1) is 17.9 Å². The van der Waals surface area contributed by atoms with Gasteiger partial charge in [-0.3, -0.25) is 4.99 Å². The first-order chi connectivity index (χ1) is 11.1. The molecule has 0 spiro atoms. The third-order valence-electron chi connectivity index (χ3n) is 5.14. The molecule has 0 saturated carbocycles. The summed E-state index contributed by atoms with van der Waals surface area (Å²) in [6.07, 6.45) is 10.5. The van der Waals surface area contributed by atoms with E-state index in [1.165, 1.54) is 5.57 Å². The van der Waals surface area contributed by atoms with E-state index in [0.717, 1.165) is 51.1 Å². The molecular weight excluding hydrogens is 288 g/mol. The summed E-state index contributed by atoms with van der Waals surface area (Å²) in [6, 6.07) is 0. The molecule has 23 heavy (non-hydrogen) atoms. The van der Waals surface area contributed by atoms with Gasteiger partial charge in [0.2, 0.25) is 0 Å². The zero-order valence-electron chi connectivity index (χ0n) is 14.3. The molecule has 2 fully saturated rings. The average molecular weight is 318 g/mol. The number of rotatable bonds is 3. The lowest BCUT2D eigenvalue weighted by molar-refractivity contribution is -0.0628. The van der Waals surface area contributed by atoms with Crippen LogP contribution < -0.4 is 16.4 Å². The fourth-order valence-electron chi connectivity index (χ4n) is 3.54. The number of hydrogen-bond acceptors (Lipinski definition) is 5. The SMILES string of the molecule is CC1(C)CCC(C=NC2=C(C3CCNCC3)C=CNC2N)CO1. The minimum absolute atomic E-state index is 0.00933. The zero-order chi connectivity index (χ0) is 16.3. The Hall–Kier alpha value is -1.17. The van der Waals surface area contributed by atoms with Crippen molar-refractivity contribution in [2.75, 3.05) is 19.7 Å². The quantitative estimate of drug-likeness (QED) is 0.695. The first-order valence-electron chi connectivity index (χ1n) is 8.86. The summed E-state index contributed by atoms with van der Waals surface area (Å²) in [5.41, 5.74) is 8.58. The molecule has 5 heteroatoms. The van der Waals surface area contributed by atoms with Crippen molar-refractivity contribution in [1.29, 1.82) is 0 Å². The fraction of sp³-hybridized carbons (Fsp3) is 0.722. The highest BCUT2D eigenvalue weighted by Crippen LogP contribution is 2.30. The van der Waals surface area contributed by atoms with Crippen molar-refractivity contribution in [2.24, 2.45) is 22.6 Å². The summed E-state index contributed by atoms with van der Waals surface area (Å²) in [5.74, 6) is 0.956. The minimum Gasteiger partial charge on any atom is -0.375 e. The first kappa shape index (κ1) is 16.7. The summed E-state index contributed by atoms with van der Waals surface area (Å²) in [7, 11) is 0. The molecule has 2 saturated heterocycles.